The van der Waals surface area contributed by atoms with Crippen LogP contribution >= 0.6 is 0 Å². The molecular formula is C24H30N2O5. The van der Waals surface area contributed by atoms with Gasteiger partial charge in [-0.2, -0.15) is 0 Å². The lowest BCUT2D eigenvalue weighted by Crippen LogP contribution is -2.55. The van der Waals surface area contributed by atoms with Gasteiger partial charge in [0.2, 0.25) is 0 Å². The van der Waals surface area contributed by atoms with Gasteiger partial charge in [0.1, 0.15) is 13.2 Å². The van der Waals surface area contributed by atoms with E-state index in [1.807, 2.05) is 70.5 Å². The highest BCUT2D eigenvalue weighted by molar-refractivity contribution is 5.72. The van der Waals surface area contributed by atoms with E-state index in [4.69, 9.17) is 9.47 Å². The summed E-state index contributed by atoms with van der Waals surface area (Å²) >= 11 is 0. The van der Waals surface area contributed by atoms with Crippen LogP contribution in [0.25, 0.3) is 0 Å². The summed E-state index contributed by atoms with van der Waals surface area (Å²) in [6.45, 7) is 2.75. The maximum atomic E-state index is 12.3. The number of carbonyl (C=O) groups is 2. The number of hydrogen-bond donors (Lipinski definition) is 1. The standard InChI is InChI=1S/C24H30N2O5/c27-14-11-22-15-25(16-23(28)30-18-20-7-3-1-4-8-20)12-13-26(22)17-24(29)31-19-21-9-5-2-6-10-21/h1-10,22,27H,11-19H2. The van der Waals surface area contributed by atoms with Gasteiger partial charge in [-0.3, -0.25) is 19.4 Å². The Morgan fingerprint density at radius 1 is 0.839 bits per heavy atom. The molecule has 1 aliphatic rings. The molecular weight excluding hydrogens is 396 g/mol. The molecule has 0 radical (unpaired) electrons. The number of esters is 2. The number of aliphatic hydroxyl groups excluding tert-OH is 1. The number of carbonyl (C=O) groups excluding carboxylic acids is 2. The first kappa shape index (κ1) is 22.9. The zero-order chi connectivity index (χ0) is 21.9. The van der Waals surface area contributed by atoms with Crippen molar-refractivity contribution in [2.75, 3.05) is 39.3 Å². The van der Waals surface area contributed by atoms with Gasteiger partial charge in [0, 0.05) is 32.3 Å². The largest absolute Gasteiger partial charge is 0.460 e. The van der Waals surface area contributed by atoms with Crippen molar-refractivity contribution < 1.29 is 24.2 Å². The van der Waals surface area contributed by atoms with Crippen molar-refractivity contribution >= 4 is 11.9 Å². The summed E-state index contributed by atoms with van der Waals surface area (Å²) in [6.07, 6.45) is 0.529. The number of aliphatic hydroxyl groups is 1. The topological polar surface area (TPSA) is 79.3 Å². The molecule has 2 aromatic rings. The van der Waals surface area contributed by atoms with E-state index in [9.17, 15) is 14.7 Å². The zero-order valence-electron chi connectivity index (χ0n) is 17.7. The van der Waals surface area contributed by atoms with Crippen LogP contribution < -0.4 is 0 Å². The molecule has 7 nitrogen and oxygen atoms in total. The summed E-state index contributed by atoms with van der Waals surface area (Å²) in [7, 11) is 0. The van der Waals surface area contributed by atoms with E-state index in [0.717, 1.165) is 11.1 Å². The van der Waals surface area contributed by atoms with Crippen molar-refractivity contribution in [3.05, 3.63) is 71.8 Å². The normalized spacial score (nSPS) is 17.3. The van der Waals surface area contributed by atoms with Gasteiger partial charge in [-0.1, -0.05) is 60.7 Å². The van der Waals surface area contributed by atoms with Crippen LogP contribution in [0.2, 0.25) is 0 Å². The maximum Gasteiger partial charge on any atom is 0.320 e. The van der Waals surface area contributed by atoms with Crippen molar-refractivity contribution in [2.24, 2.45) is 0 Å². The molecule has 1 saturated heterocycles. The van der Waals surface area contributed by atoms with Gasteiger partial charge in [0.25, 0.3) is 0 Å². The zero-order valence-corrected chi connectivity index (χ0v) is 17.7. The van der Waals surface area contributed by atoms with Crippen LogP contribution in [0.1, 0.15) is 17.5 Å². The second-order valence-corrected chi connectivity index (χ2v) is 7.66. The second-order valence-electron chi connectivity index (χ2n) is 7.66. The lowest BCUT2D eigenvalue weighted by Gasteiger charge is -2.40. The molecule has 1 heterocycles. The smallest absolute Gasteiger partial charge is 0.320 e. The first-order chi connectivity index (χ1) is 15.1. The fourth-order valence-electron chi connectivity index (χ4n) is 3.65. The van der Waals surface area contributed by atoms with Crippen LogP contribution in [0.4, 0.5) is 0 Å². The molecule has 1 unspecified atom stereocenters. The van der Waals surface area contributed by atoms with Crippen LogP contribution in [0.3, 0.4) is 0 Å². The van der Waals surface area contributed by atoms with E-state index >= 15 is 0 Å². The molecule has 1 fully saturated rings. The molecule has 3 rings (SSSR count). The highest BCUT2D eigenvalue weighted by Gasteiger charge is 2.29. The monoisotopic (exact) mass is 426 g/mol. The molecule has 7 heteroatoms. The van der Waals surface area contributed by atoms with E-state index in [0.29, 0.717) is 26.1 Å². The predicted octanol–water partition coefficient (Wildman–Crippen LogP) is 1.84. The van der Waals surface area contributed by atoms with Gasteiger partial charge in [-0.05, 0) is 17.5 Å². The van der Waals surface area contributed by atoms with Crippen LogP contribution in [0, 0.1) is 0 Å². The average Bonchev–Trinajstić information content (AvgIpc) is 2.80. The molecule has 0 bridgehead atoms. The summed E-state index contributed by atoms with van der Waals surface area (Å²) in [5.41, 5.74) is 1.90. The molecule has 1 N–H and O–H groups in total. The van der Waals surface area contributed by atoms with E-state index < -0.39 is 0 Å². The third-order valence-electron chi connectivity index (χ3n) is 5.32. The Bertz CT molecular complexity index is 815. The van der Waals surface area contributed by atoms with Crippen LogP contribution in [0.15, 0.2) is 60.7 Å². The first-order valence-corrected chi connectivity index (χ1v) is 10.6. The number of hydrogen-bond acceptors (Lipinski definition) is 7. The summed E-state index contributed by atoms with van der Waals surface area (Å²) in [5.74, 6) is -0.565. The van der Waals surface area contributed by atoms with Crippen molar-refractivity contribution in [1.29, 1.82) is 0 Å². The van der Waals surface area contributed by atoms with E-state index in [1.165, 1.54) is 0 Å². The molecule has 2 aromatic carbocycles. The molecule has 1 atom stereocenters. The van der Waals surface area contributed by atoms with Crippen LogP contribution in [0.5, 0.6) is 0 Å². The third kappa shape index (κ3) is 7.79. The highest BCUT2D eigenvalue weighted by atomic mass is 16.5. The Morgan fingerprint density at radius 2 is 1.39 bits per heavy atom. The average molecular weight is 427 g/mol. The van der Waals surface area contributed by atoms with Gasteiger partial charge in [0.15, 0.2) is 0 Å². The molecule has 0 amide bonds. The quantitative estimate of drug-likeness (QED) is 0.581. The molecule has 0 aromatic heterocycles. The Kier molecular flexibility index (Phi) is 9.02. The molecule has 166 valence electrons. The van der Waals surface area contributed by atoms with Gasteiger partial charge in [0.05, 0.1) is 13.1 Å². The lowest BCUT2D eigenvalue weighted by atomic mass is 10.1. The number of rotatable bonds is 10. The number of ether oxygens (including phenoxy) is 2. The Balaban J connectivity index is 1.43. The minimum absolute atomic E-state index is 0.0204. The van der Waals surface area contributed by atoms with E-state index in [-0.39, 0.29) is 50.9 Å². The summed E-state index contributed by atoms with van der Waals surface area (Å²) < 4.78 is 10.8. The predicted molar refractivity (Wildman–Crippen MR) is 116 cm³/mol. The fraction of sp³-hybridized carbons (Fsp3) is 0.417. The summed E-state index contributed by atoms with van der Waals surface area (Å²) in [4.78, 5) is 28.6. The van der Waals surface area contributed by atoms with Crippen molar-refractivity contribution in [3.8, 4) is 0 Å². The summed E-state index contributed by atoms with van der Waals surface area (Å²) in [5, 5.41) is 9.45. The molecule has 0 spiro atoms. The molecule has 31 heavy (non-hydrogen) atoms. The fourth-order valence-corrected chi connectivity index (χ4v) is 3.65. The van der Waals surface area contributed by atoms with Gasteiger partial charge in [-0.25, -0.2) is 0 Å². The van der Waals surface area contributed by atoms with Crippen molar-refractivity contribution in [1.82, 2.24) is 9.80 Å². The SMILES string of the molecule is O=C(CN1CCN(CC(=O)OCc2ccccc2)C(CCO)C1)OCc1ccccc1. The first-order valence-electron chi connectivity index (χ1n) is 10.6. The van der Waals surface area contributed by atoms with Gasteiger partial charge < -0.3 is 14.6 Å². The lowest BCUT2D eigenvalue weighted by molar-refractivity contribution is -0.150. The number of nitrogens with zero attached hydrogens (tertiary/aromatic N) is 2. The Morgan fingerprint density at radius 3 is 1.94 bits per heavy atom. The highest BCUT2D eigenvalue weighted by Crippen LogP contribution is 2.14. The van der Waals surface area contributed by atoms with Gasteiger partial charge in [-0.15, -0.1) is 0 Å². The Labute approximate surface area is 183 Å². The van der Waals surface area contributed by atoms with Crippen molar-refractivity contribution in [3.63, 3.8) is 0 Å². The van der Waals surface area contributed by atoms with Crippen LogP contribution in [-0.2, 0) is 32.3 Å². The molecule has 0 aliphatic carbocycles. The maximum absolute atomic E-state index is 12.3. The van der Waals surface area contributed by atoms with Crippen molar-refractivity contribution in [2.45, 2.75) is 25.7 Å². The van der Waals surface area contributed by atoms with Gasteiger partial charge >= 0.3 is 11.9 Å². The molecule has 0 saturated carbocycles. The molecule has 1 aliphatic heterocycles. The van der Waals surface area contributed by atoms with E-state index in [1.54, 1.807) is 0 Å². The van der Waals surface area contributed by atoms with Crippen LogP contribution in [-0.4, -0.2) is 72.2 Å². The number of benzene rings is 2. The minimum atomic E-state index is -0.289. The van der Waals surface area contributed by atoms with E-state index in [2.05, 4.69) is 0 Å². The minimum Gasteiger partial charge on any atom is -0.460 e. The number of piperazine rings is 1. The Hall–Kier alpha value is -2.74. The second kappa shape index (κ2) is 12.2. The summed E-state index contributed by atoms with van der Waals surface area (Å²) in [6, 6.07) is 19.1. The third-order valence-corrected chi connectivity index (χ3v) is 5.32.